The van der Waals surface area contributed by atoms with Crippen LogP contribution in [0.15, 0.2) is 0 Å². The second-order valence-corrected chi connectivity index (χ2v) is 5.71. The van der Waals surface area contributed by atoms with Crippen molar-refractivity contribution in [2.45, 2.75) is 46.0 Å². The van der Waals surface area contributed by atoms with Crippen LogP contribution in [-0.4, -0.2) is 37.1 Å². The fraction of sp³-hybridized carbons (Fsp3) is 0.929. The van der Waals surface area contributed by atoms with Gasteiger partial charge in [-0.25, -0.2) is 0 Å². The Labute approximate surface area is 105 Å². The van der Waals surface area contributed by atoms with E-state index in [4.69, 9.17) is 4.74 Å². The molecule has 0 N–H and O–H groups in total. The van der Waals surface area contributed by atoms with E-state index in [0.29, 0.717) is 23.7 Å². The van der Waals surface area contributed by atoms with E-state index in [2.05, 4.69) is 18.7 Å². The molecule has 98 valence electrons. The molecule has 0 aromatic carbocycles. The molecule has 2 rings (SSSR count). The van der Waals surface area contributed by atoms with Crippen LogP contribution in [0.3, 0.4) is 0 Å². The molecule has 2 aliphatic rings. The van der Waals surface area contributed by atoms with E-state index in [-0.39, 0.29) is 0 Å². The molecule has 3 heteroatoms. The van der Waals surface area contributed by atoms with Crippen LogP contribution in [0, 0.1) is 11.3 Å². The molecule has 2 aliphatic heterocycles. The lowest BCUT2D eigenvalue weighted by Crippen LogP contribution is -2.33. The minimum atomic E-state index is 0.351. The van der Waals surface area contributed by atoms with Gasteiger partial charge in [0.2, 0.25) is 5.91 Å². The minimum Gasteiger partial charge on any atom is -0.381 e. The predicted molar refractivity (Wildman–Crippen MR) is 67.8 cm³/mol. The molecule has 0 aliphatic carbocycles. The zero-order valence-electron chi connectivity index (χ0n) is 11.2. The molecule has 0 aromatic rings. The maximum absolute atomic E-state index is 12.2. The van der Waals surface area contributed by atoms with Crippen molar-refractivity contribution in [2.75, 3.05) is 26.3 Å². The van der Waals surface area contributed by atoms with Gasteiger partial charge in [0.25, 0.3) is 0 Å². The Kier molecular flexibility index (Phi) is 4.08. The molecule has 0 radical (unpaired) electrons. The van der Waals surface area contributed by atoms with E-state index in [0.717, 1.165) is 32.7 Å². The summed E-state index contributed by atoms with van der Waals surface area (Å²) in [4.78, 5) is 14.3. The molecule has 1 amide bonds. The van der Waals surface area contributed by atoms with Crippen molar-refractivity contribution in [3.05, 3.63) is 0 Å². The minimum absolute atomic E-state index is 0.351. The summed E-state index contributed by atoms with van der Waals surface area (Å²) in [6, 6.07) is 0. The lowest BCUT2D eigenvalue weighted by Gasteiger charge is -2.26. The zero-order valence-corrected chi connectivity index (χ0v) is 11.2. The van der Waals surface area contributed by atoms with Crippen LogP contribution in [-0.2, 0) is 9.53 Å². The summed E-state index contributed by atoms with van der Waals surface area (Å²) >= 11 is 0. The number of carbonyl (C=O) groups is 1. The molecule has 2 heterocycles. The SMILES string of the molecule is CCC1(CC)CCN(C(=O)CC2CCOC2)C1. The van der Waals surface area contributed by atoms with Gasteiger partial charge in [-0.05, 0) is 37.0 Å². The molecule has 0 spiro atoms. The van der Waals surface area contributed by atoms with Crippen molar-refractivity contribution in [2.24, 2.45) is 11.3 Å². The van der Waals surface area contributed by atoms with Crippen LogP contribution in [0.1, 0.15) is 46.0 Å². The highest BCUT2D eigenvalue weighted by molar-refractivity contribution is 5.76. The fourth-order valence-electron chi connectivity index (χ4n) is 3.10. The first kappa shape index (κ1) is 12.9. The Bertz CT molecular complexity index is 267. The first-order valence-corrected chi connectivity index (χ1v) is 7.04. The third-order valence-corrected chi connectivity index (χ3v) is 4.78. The van der Waals surface area contributed by atoms with E-state index in [1.165, 1.54) is 19.3 Å². The molecule has 0 bridgehead atoms. The van der Waals surface area contributed by atoms with Crippen molar-refractivity contribution in [3.8, 4) is 0 Å². The molecule has 1 atom stereocenters. The zero-order chi connectivity index (χ0) is 12.3. The van der Waals surface area contributed by atoms with Crippen LogP contribution in [0.25, 0.3) is 0 Å². The van der Waals surface area contributed by atoms with Crippen LogP contribution >= 0.6 is 0 Å². The number of nitrogens with zero attached hydrogens (tertiary/aromatic N) is 1. The summed E-state index contributed by atoms with van der Waals surface area (Å²) in [6.45, 7) is 8.07. The summed E-state index contributed by atoms with van der Waals surface area (Å²) in [6.07, 6.45) is 5.34. The second-order valence-electron chi connectivity index (χ2n) is 5.71. The van der Waals surface area contributed by atoms with Crippen molar-refractivity contribution >= 4 is 5.91 Å². The number of likely N-dealkylation sites (tertiary alicyclic amines) is 1. The molecule has 1 unspecified atom stereocenters. The third kappa shape index (κ3) is 2.82. The maximum atomic E-state index is 12.2. The van der Waals surface area contributed by atoms with E-state index < -0.39 is 0 Å². The van der Waals surface area contributed by atoms with Crippen LogP contribution < -0.4 is 0 Å². The van der Waals surface area contributed by atoms with Crippen LogP contribution in [0.5, 0.6) is 0 Å². The third-order valence-electron chi connectivity index (χ3n) is 4.78. The quantitative estimate of drug-likeness (QED) is 0.754. The highest BCUT2D eigenvalue weighted by Crippen LogP contribution is 2.37. The van der Waals surface area contributed by atoms with Gasteiger partial charge in [-0.3, -0.25) is 4.79 Å². The van der Waals surface area contributed by atoms with E-state index in [1.54, 1.807) is 0 Å². The summed E-state index contributed by atoms with van der Waals surface area (Å²) in [5.74, 6) is 0.824. The summed E-state index contributed by atoms with van der Waals surface area (Å²) < 4.78 is 5.33. The monoisotopic (exact) mass is 239 g/mol. The van der Waals surface area contributed by atoms with E-state index in [1.807, 2.05) is 0 Å². The summed E-state index contributed by atoms with van der Waals surface area (Å²) in [5, 5.41) is 0. The molecule has 17 heavy (non-hydrogen) atoms. The van der Waals surface area contributed by atoms with Crippen molar-refractivity contribution < 1.29 is 9.53 Å². The first-order chi connectivity index (χ1) is 8.19. The number of amides is 1. The number of ether oxygens (including phenoxy) is 1. The highest BCUT2D eigenvalue weighted by Gasteiger charge is 2.37. The maximum Gasteiger partial charge on any atom is 0.222 e. The van der Waals surface area contributed by atoms with Crippen molar-refractivity contribution in [1.29, 1.82) is 0 Å². The van der Waals surface area contributed by atoms with E-state index >= 15 is 0 Å². The van der Waals surface area contributed by atoms with E-state index in [9.17, 15) is 4.79 Å². The van der Waals surface area contributed by atoms with Gasteiger partial charge < -0.3 is 9.64 Å². The van der Waals surface area contributed by atoms with Gasteiger partial charge in [-0.2, -0.15) is 0 Å². The van der Waals surface area contributed by atoms with Gasteiger partial charge in [0, 0.05) is 32.7 Å². The van der Waals surface area contributed by atoms with Crippen molar-refractivity contribution in [1.82, 2.24) is 4.90 Å². The standard InChI is InChI=1S/C14H25NO2/c1-3-14(4-2)6-7-15(11-14)13(16)9-12-5-8-17-10-12/h12H,3-11H2,1-2H3. The predicted octanol–water partition coefficient (Wildman–Crippen LogP) is 2.45. The summed E-state index contributed by atoms with van der Waals surface area (Å²) in [7, 11) is 0. The van der Waals surface area contributed by atoms with Gasteiger partial charge >= 0.3 is 0 Å². The normalized spacial score (nSPS) is 27.6. The number of carbonyl (C=O) groups excluding carboxylic acids is 1. The Balaban J connectivity index is 1.84. The summed E-state index contributed by atoms with van der Waals surface area (Å²) in [5.41, 5.74) is 0.405. The van der Waals surface area contributed by atoms with Crippen LogP contribution in [0.2, 0.25) is 0 Å². The second kappa shape index (κ2) is 5.38. The highest BCUT2D eigenvalue weighted by atomic mass is 16.5. The van der Waals surface area contributed by atoms with Gasteiger partial charge in [0.05, 0.1) is 0 Å². The number of rotatable bonds is 4. The molecule has 0 saturated carbocycles. The Morgan fingerprint density at radius 2 is 2.18 bits per heavy atom. The number of hydrogen-bond donors (Lipinski definition) is 0. The molecular formula is C14H25NO2. The smallest absolute Gasteiger partial charge is 0.222 e. The molecular weight excluding hydrogens is 214 g/mol. The Hall–Kier alpha value is -0.570. The average Bonchev–Trinajstić information content (AvgIpc) is 2.97. The van der Waals surface area contributed by atoms with Gasteiger partial charge in [-0.15, -0.1) is 0 Å². The molecule has 2 fully saturated rings. The topological polar surface area (TPSA) is 29.5 Å². The largest absolute Gasteiger partial charge is 0.381 e. The van der Waals surface area contributed by atoms with Gasteiger partial charge in [0.1, 0.15) is 0 Å². The van der Waals surface area contributed by atoms with Gasteiger partial charge in [-0.1, -0.05) is 13.8 Å². The first-order valence-electron chi connectivity index (χ1n) is 7.04. The lowest BCUT2D eigenvalue weighted by molar-refractivity contribution is -0.131. The average molecular weight is 239 g/mol. The van der Waals surface area contributed by atoms with Crippen molar-refractivity contribution in [3.63, 3.8) is 0 Å². The fourth-order valence-corrected chi connectivity index (χ4v) is 3.10. The Morgan fingerprint density at radius 3 is 2.71 bits per heavy atom. The number of hydrogen-bond acceptors (Lipinski definition) is 2. The van der Waals surface area contributed by atoms with Gasteiger partial charge in [0.15, 0.2) is 0 Å². The Morgan fingerprint density at radius 1 is 1.41 bits per heavy atom. The molecule has 2 saturated heterocycles. The molecule has 0 aromatic heterocycles. The van der Waals surface area contributed by atoms with Crippen LogP contribution in [0.4, 0.5) is 0 Å². The lowest BCUT2D eigenvalue weighted by atomic mass is 9.82. The molecule has 3 nitrogen and oxygen atoms in total.